The van der Waals surface area contributed by atoms with Gasteiger partial charge < -0.3 is 14.5 Å². The largest absolute Gasteiger partial charge is 0.497 e. The molecule has 0 saturated carbocycles. The molecule has 0 radical (unpaired) electrons. The first-order valence-corrected chi connectivity index (χ1v) is 12.1. The molecule has 36 heavy (non-hydrogen) atoms. The fourth-order valence-electron chi connectivity index (χ4n) is 4.74. The molecular weight excluding hydrogens is 446 g/mol. The molecule has 2 aromatic heterocycles. The van der Waals surface area contributed by atoms with Crippen molar-refractivity contribution < 1.29 is 9.53 Å². The normalized spacial score (nSPS) is 12.0. The van der Waals surface area contributed by atoms with Crippen LogP contribution in [0.3, 0.4) is 0 Å². The molecule has 180 valence electrons. The van der Waals surface area contributed by atoms with E-state index >= 15 is 0 Å². The van der Waals surface area contributed by atoms with Gasteiger partial charge in [0.15, 0.2) is 0 Å². The van der Waals surface area contributed by atoms with E-state index in [9.17, 15) is 4.79 Å². The van der Waals surface area contributed by atoms with Gasteiger partial charge in [-0.25, -0.2) is 4.98 Å². The number of carbonyl (C=O) groups excluding carboxylic acids is 1. The second-order valence-corrected chi connectivity index (χ2v) is 8.92. The summed E-state index contributed by atoms with van der Waals surface area (Å²) in [6.07, 6.45) is 4.16. The lowest BCUT2D eigenvalue weighted by atomic mass is 9.91. The van der Waals surface area contributed by atoms with E-state index in [1.165, 1.54) is 0 Å². The van der Waals surface area contributed by atoms with Crippen molar-refractivity contribution in [2.24, 2.45) is 0 Å². The minimum absolute atomic E-state index is 0.0388. The van der Waals surface area contributed by atoms with Crippen LogP contribution in [-0.4, -0.2) is 22.4 Å². The maximum absolute atomic E-state index is 13.7. The van der Waals surface area contributed by atoms with Crippen molar-refractivity contribution in [3.63, 3.8) is 0 Å². The fourth-order valence-corrected chi connectivity index (χ4v) is 4.74. The Hall–Kier alpha value is -4.38. The number of amides is 1. The molecule has 5 heteroatoms. The average molecular weight is 476 g/mol. The number of methoxy groups -OCH3 is 1. The first kappa shape index (κ1) is 23.4. The first-order chi connectivity index (χ1) is 17.6. The summed E-state index contributed by atoms with van der Waals surface area (Å²) in [7, 11) is 1.66. The summed E-state index contributed by atoms with van der Waals surface area (Å²) in [5.74, 6) is 0.515. The van der Waals surface area contributed by atoms with Crippen LogP contribution in [0.15, 0.2) is 109 Å². The molecule has 0 fully saturated rings. The Morgan fingerprint density at radius 2 is 1.56 bits per heavy atom. The van der Waals surface area contributed by atoms with Gasteiger partial charge in [-0.3, -0.25) is 4.79 Å². The SMILES string of the molecule is COc1cccc([C@H](CC(=O)NC(c2ccccc2)c2ccccc2)c2cnc3c(C)cccn23)c1. The number of imidazole rings is 1. The van der Waals surface area contributed by atoms with Crippen LogP contribution >= 0.6 is 0 Å². The first-order valence-electron chi connectivity index (χ1n) is 12.1. The second-order valence-electron chi connectivity index (χ2n) is 8.92. The molecule has 5 rings (SSSR count). The minimum Gasteiger partial charge on any atom is -0.497 e. The summed E-state index contributed by atoms with van der Waals surface area (Å²) in [5.41, 5.74) is 6.04. The van der Waals surface area contributed by atoms with Crippen LogP contribution in [0.4, 0.5) is 0 Å². The predicted octanol–water partition coefficient (Wildman–Crippen LogP) is 6.08. The second kappa shape index (κ2) is 10.5. The van der Waals surface area contributed by atoms with Gasteiger partial charge in [-0.1, -0.05) is 78.9 Å². The summed E-state index contributed by atoms with van der Waals surface area (Å²) < 4.78 is 7.57. The zero-order chi connectivity index (χ0) is 24.9. The van der Waals surface area contributed by atoms with E-state index in [0.29, 0.717) is 0 Å². The molecule has 1 N–H and O–H groups in total. The van der Waals surface area contributed by atoms with Crippen LogP contribution in [0.1, 0.15) is 46.3 Å². The molecule has 0 spiro atoms. The molecule has 1 amide bonds. The third-order valence-electron chi connectivity index (χ3n) is 6.57. The molecule has 0 aliphatic carbocycles. The van der Waals surface area contributed by atoms with Crippen molar-refractivity contribution in [3.8, 4) is 5.75 Å². The number of pyridine rings is 1. The molecule has 3 aromatic carbocycles. The van der Waals surface area contributed by atoms with Gasteiger partial charge in [-0.2, -0.15) is 0 Å². The number of aryl methyl sites for hydroxylation is 1. The smallest absolute Gasteiger partial charge is 0.221 e. The van der Waals surface area contributed by atoms with E-state index in [2.05, 4.69) is 14.7 Å². The van der Waals surface area contributed by atoms with E-state index in [4.69, 9.17) is 4.74 Å². The van der Waals surface area contributed by atoms with Crippen molar-refractivity contribution in [2.45, 2.75) is 25.3 Å². The molecule has 2 heterocycles. The van der Waals surface area contributed by atoms with Crippen LogP contribution in [0, 0.1) is 6.92 Å². The predicted molar refractivity (Wildman–Crippen MR) is 142 cm³/mol. The number of nitrogens with one attached hydrogen (secondary N) is 1. The van der Waals surface area contributed by atoms with Gasteiger partial charge in [0.1, 0.15) is 11.4 Å². The Kier molecular flexibility index (Phi) is 6.80. The lowest BCUT2D eigenvalue weighted by molar-refractivity contribution is -0.121. The molecule has 0 aliphatic heterocycles. The molecule has 0 aliphatic rings. The van der Waals surface area contributed by atoms with E-state index in [1.807, 2.05) is 116 Å². The average Bonchev–Trinajstić information content (AvgIpc) is 3.36. The lowest BCUT2D eigenvalue weighted by Crippen LogP contribution is -2.30. The monoisotopic (exact) mass is 475 g/mol. The molecule has 0 unspecified atom stereocenters. The van der Waals surface area contributed by atoms with Crippen molar-refractivity contribution in [2.75, 3.05) is 7.11 Å². The van der Waals surface area contributed by atoms with Gasteiger partial charge in [0.05, 0.1) is 18.8 Å². The van der Waals surface area contributed by atoms with Crippen molar-refractivity contribution in [1.82, 2.24) is 14.7 Å². The van der Waals surface area contributed by atoms with Gasteiger partial charge in [-0.05, 0) is 47.4 Å². The molecule has 5 aromatic rings. The van der Waals surface area contributed by atoms with E-state index in [1.54, 1.807) is 7.11 Å². The Morgan fingerprint density at radius 1 is 0.889 bits per heavy atom. The van der Waals surface area contributed by atoms with Gasteiger partial charge in [0, 0.05) is 24.7 Å². The number of carbonyl (C=O) groups is 1. The number of hydrogen-bond acceptors (Lipinski definition) is 3. The zero-order valence-corrected chi connectivity index (χ0v) is 20.5. The van der Waals surface area contributed by atoms with Gasteiger partial charge in [0.25, 0.3) is 0 Å². The van der Waals surface area contributed by atoms with E-state index in [-0.39, 0.29) is 24.3 Å². The van der Waals surface area contributed by atoms with Gasteiger partial charge in [0.2, 0.25) is 5.91 Å². The van der Waals surface area contributed by atoms with Gasteiger partial charge >= 0.3 is 0 Å². The van der Waals surface area contributed by atoms with Crippen molar-refractivity contribution in [1.29, 1.82) is 0 Å². The highest BCUT2D eigenvalue weighted by Crippen LogP contribution is 2.32. The third-order valence-corrected chi connectivity index (χ3v) is 6.57. The highest BCUT2D eigenvalue weighted by molar-refractivity contribution is 5.78. The van der Waals surface area contributed by atoms with Crippen LogP contribution in [0.5, 0.6) is 5.75 Å². The molecular formula is C31H29N3O2. The summed E-state index contributed by atoms with van der Waals surface area (Å²) in [6, 6.07) is 31.9. The molecule has 0 bridgehead atoms. The van der Waals surface area contributed by atoms with Crippen LogP contribution < -0.4 is 10.1 Å². The Bertz CT molecular complexity index is 1420. The topological polar surface area (TPSA) is 55.6 Å². The number of ether oxygens (including phenoxy) is 1. The summed E-state index contributed by atoms with van der Waals surface area (Å²) in [4.78, 5) is 18.3. The Morgan fingerprint density at radius 3 is 2.22 bits per heavy atom. The quantitative estimate of drug-likeness (QED) is 0.296. The molecule has 1 atom stereocenters. The molecule has 5 nitrogen and oxygen atoms in total. The standard InChI is InChI=1S/C31H29N3O2/c1-22-11-10-18-34-28(21-32-31(22)34)27(25-16-9-17-26(19-25)36-2)20-29(35)33-30(23-12-5-3-6-13-23)24-14-7-4-8-15-24/h3-19,21,27,30H,20H2,1-2H3,(H,33,35)/t27-/m0/s1. The number of rotatable bonds is 8. The maximum atomic E-state index is 13.7. The summed E-state index contributed by atoms with van der Waals surface area (Å²) in [6.45, 7) is 2.05. The fraction of sp³-hybridized carbons (Fsp3) is 0.161. The maximum Gasteiger partial charge on any atom is 0.221 e. The van der Waals surface area contributed by atoms with E-state index in [0.717, 1.165) is 39.3 Å². The molecule has 0 saturated heterocycles. The number of hydrogen-bond donors (Lipinski definition) is 1. The number of nitrogens with zero attached hydrogens (tertiary/aromatic N) is 2. The van der Waals surface area contributed by atoms with Gasteiger partial charge in [-0.15, -0.1) is 0 Å². The Labute approximate surface area is 211 Å². The summed E-state index contributed by atoms with van der Waals surface area (Å²) >= 11 is 0. The van der Waals surface area contributed by atoms with E-state index < -0.39 is 0 Å². The highest BCUT2D eigenvalue weighted by atomic mass is 16.5. The van der Waals surface area contributed by atoms with Crippen molar-refractivity contribution >= 4 is 11.6 Å². The number of aromatic nitrogens is 2. The van der Waals surface area contributed by atoms with Crippen LogP contribution in [0.2, 0.25) is 0 Å². The van der Waals surface area contributed by atoms with Crippen LogP contribution in [-0.2, 0) is 4.79 Å². The summed E-state index contributed by atoms with van der Waals surface area (Å²) in [5, 5.41) is 3.30. The number of benzene rings is 3. The van der Waals surface area contributed by atoms with Crippen LogP contribution in [0.25, 0.3) is 5.65 Å². The number of fused-ring (bicyclic) bond motifs is 1. The highest BCUT2D eigenvalue weighted by Gasteiger charge is 2.25. The third kappa shape index (κ3) is 4.86. The Balaban J connectivity index is 1.51. The van der Waals surface area contributed by atoms with Crippen molar-refractivity contribution in [3.05, 3.63) is 137 Å². The minimum atomic E-state index is -0.240. The lowest BCUT2D eigenvalue weighted by Gasteiger charge is -2.23. The zero-order valence-electron chi connectivity index (χ0n) is 20.5.